The molecule has 19 heavy (non-hydrogen) atoms. The van der Waals surface area contributed by atoms with E-state index in [-0.39, 0.29) is 12.1 Å². The van der Waals surface area contributed by atoms with Crippen LogP contribution in [0.15, 0.2) is 18.2 Å². The van der Waals surface area contributed by atoms with Crippen molar-refractivity contribution in [2.75, 3.05) is 20.3 Å². The molecular formula is C15H25NO3. The standard InChI is InChI=1S/C15H25NO3/c1-11-5-6-14(19-4)12(9-11)13(18)10-16-15(2,3)7-8-17/h5-6,9,13,16-18H,7-8,10H2,1-4H3. The van der Waals surface area contributed by atoms with Gasteiger partial charge in [0, 0.05) is 24.3 Å². The molecule has 0 saturated heterocycles. The van der Waals surface area contributed by atoms with Gasteiger partial charge in [0.15, 0.2) is 0 Å². The molecule has 0 aliphatic carbocycles. The first-order valence-corrected chi connectivity index (χ1v) is 6.58. The molecule has 1 aromatic carbocycles. The highest BCUT2D eigenvalue weighted by atomic mass is 16.5. The van der Waals surface area contributed by atoms with Crippen LogP contribution in [0.25, 0.3) is 0 Å². The number of hydrogen-bond acceptors (Lipinski definition) is 4. The molecule has 4 heteroatoms. The van der Waals surface area contributed by atoms with Gasteiger partial charge in [0.05, 0.1) is 13.2 Å². The van der Waals surface area contributed by atoms with Crippen LogP contribution in [0, 0.1) is 6.92 Å². The molecule has 0 aromatic heterocycles. The van der Waals surface area contributed by atoms with Crippen LogP contribution >= 0.6 is 0 Å². The molecule has 0 heterocycles. The van der Waals surface area contributed by atoms with E-state index < -0.39 is 6.10 Å². The van der Waals surface area contributed by atoms with Crippen LogP contribution in [0.5, 0.6) is 5.75 Å². The summed E-state index contributed by atoms with van der Waals surface area (Å²) in [5.41, 5.74) is 1.67. The molecular weight excluding hydrogens is 242 g/mol. The molecule has 1 atom stereocenters. The summed E-state index contributed by atoms with van der Waals surface area (Å²) in [6.07, 6.45) is 0.0119. The van der Waals surface area contributed by atoms with Crippen molar-refractivity contribution in [3.63, 3.8) is 0 Å². The summed E-state index contributed by atoms with van der Waals surface area (Å²) in [7, 11) is 1.60. The molecule has 0 fully saturated rings. The lowest BCUT2D eigenvalue weighted by Gasteiger charge is -2.27. The Morgan fingerprint density at radius 3 is 2.63 bits per heavy atom. The predicted octanol–water partition coefficient (Wildman–Crippen LogP) is 1.79. The fourth-order valence-electron chi connectivity index (χ4n) is 1.97. The third-order valence-electron chi connectivity index (χ3n) is 3.25. The van der Waals surface area contributed by atoms with Gasteiger partial charge < -0.3 is 20.3 Å². The van der Waals surface area contributed by atoms with E-state index in [1.54, 1.807) is 7.11 Å². The SMILES string of the molecule is COc1ccc(C)cc1C(O)CNC(C)(C)CCO. The van der Waals surface area contributed by atoms with E-state index in [0.29, 0.717) is 18.7 Å². The number of β-amino-alcohol motifs (C(OH)–C–C–N with tert-alkyl or cyclic N) is 1. The maximum atomic E-state index is 10.3. The molecule has 0 spiro atoms. The first-order chi connectivity index (χ1) is 8.89. The summed E-state index contributed by atoms with van der Waals surface area (Å²) >= 11 is 0. The fourth-order valence-corrected chi connectivity index (χ4v) is 1.97. The second-order valence-corrected chi connectivity index (χ2v) is 5.50. The minimum absolute atomic E-state index is 0.129. The van der Waals surface area contributed by atoms with Crippen LogP contribution in [-0.4, -0.2) is 36.0 Å². The highest BCUT2D eigenvalue weighted by Gasteiger charge is 2.20. The summed E-state index contributed by atoms with van der Waals surface area (Å²) < 4.78 is 5.27. The summed E-state index contributed by atoms with van der Waals surface area (Å²) in [6, 6.07) is 5.76. The lowest BCUT2D eigenvalue weighted by molar-refractivity contribution is 0.148. The molecule has 108 valence electrons. The molecule has 4 nitrogen and oxygen atoms in total. The molecule has 0 saturated carbocycles. The Hall–Kier alpha value is -1.10. The Morgan fingerprint density at radius 2 is 2.05 bits per heavy atom. The highest BCUT2D eigenvalue weighted by molar-refractivity contribution is 5.38. The largest absolute Gasteiger partial charge is 0.496 e. The average molecular weight is 267 g/mol. The zero-order chi connectivity index (χ0) is 14.5. The van der Waals surface area contributed by atoms with Gasteiger partial charge in [-0.2, -0.15) is 0 Å². The molecule has 1 unspecified atom stereocenters. The van der Waals surface area contributed by atoms with Gasteiger partial charge in [-0.25, -0.2) is 0 Å². The van der Waals surface area contributed by atoms with E-state index in [2.05, 4.69) is 5.32 Å². The summed E-state index contributed by atoms with van der Waals surface area (Å²) in [4.78, 5) is 0. The number of benzene rings is 1. The molecule has 0 radical (unpaired) electrons. The van der Waals surface area contributed by atoms with Crippen molar-refractivity contribution in [3.05, 3.63) is 29.3 Å². The van der Waals surface area contributed by atoms with E-state index in [1.165, 1.54) is 0 Å². The van der Waals surface area contributed by atoms with Gasteiger partial charge in [-0.05, 0) is 39.3 Å². The first kappa shape index (κ1) is 16.0. The zero-order valence-electron chi connectivity index (χ0n) is 12.2. The van der Waals surface area contributed by atoms with Gasteiger partial charge in [0.2, 0.25) is 0 Å². The van der Waals surface area contributed by atoms with Crippen molar-refractivity contribution in [2.24, 2.45) is 0 Å². The normalized spacial score (nSPS) is 13.4. The summed E-state index contributed by atoms with van der Waals surface area (Å²) in [6.45, 7) is 6.54. The van der Waals surface area contributed by atoms with E-state index in [4.69, 9.17) is 9.84 Å². The molecule has 1 rings (SSSR count). The number of methoxy groups -OCH3 is 1. The minimum atomic E-state index is -0.632. The van der Waals surface area contributed by atoms with Gasteiger partial charge >= 0.3 is 0 Å². The van der Waals surface area contributed by atoms with Crippen molar-refractivity contribution < 1.29 is 14.9 Å². The summed E-state index contributed by atoms with van der Waals surface area (Å²) in [5, 5.41) is 22.5. The number of rotatable bonds is 7. The maximum Gasteiger partial charge on any atom is 0.124 e. The van der Waals surface area contributed by atoms with E-state index in [9.17, 15) is 5.11 Å². The highest BCUT2D eigenvalue weighted by Crippen LogP contribution is 2.26. The van der Waals surface area contributed by atoms with Crippen molar-refractivity contribution in [1.29, 1.82) is 0 Å². The third kappa shape index (κ3) is 4.82. The van der Waals surface area contributed by atoms with Crippen LogP contribution in [0.2, 0.25) is 0 Å². The Kier molecular flexibility index (Phi) is 5.79. The average Bonchev–Trinajstić information content (AvgIpc) is 2.36. The quantitative estimate of drug-likeness (QED) is 0.705. The lowest BCUT2D eigenvalue weighted by atomic mass is 9.99. The van der Waals surface area contributed by atoms with Crippen molar-refractivity contribution in [3.8, 4) is 5.75 Å². The number of nitrogens with one attached hydrogen (secondary N) is 1. The number of aryl methyl sites for hydroxylation is 1. The first-order valence-electron chi connectivity index (χ1n) is 6.58. The van der Waals surface area contributed by atoms with Gasteiger partial charge in [-0.3, -0.25) is 0 Å². The second-order valence-electron chi connectivity index (χ2n) is 5.50. The molecule has 0 aliphatic rings. The van der Waals surface area contributed by atoms with Crippen molar-refractivity contribution in [1.82, 2.24) is 5.32 Å². The molecule has 0 bridgehead atoms. The maximum absolute atomic E-state index is 10.3. The number of ether oxygens (including phenoxy) is 1. The molecule has 3 N–H and O–H groups in total. The van der Waals surface area contributed by atoms with Crippen molar-refractivity contribution >= 4 is 0 Å². The predicted molar refractivity (Wildman–Crippen MR) is 76.5 cm³/mol. The fraction of sp³-hybridized carbons (Fsp3) is 0.600. The Bertz CT molecular complexity index is 404. The van der Waals surface area contributed by atoms with Gasteiger partial charge in [-0.15, -0.1) is 0 Å². The Labute approximate surface area is 115 Å². The van der Waals surface area contributed by atoms with Gasteiger partial charge in [-0.1, -0.05) is 11.6 Å². The Balaban J connectivity index is 2.72. The number of hydrogen-bond donors (Lipinski definition) is 3. The van der Waals surface area contributed by atoms with E-state index >= 15 is 0 Å². The minimum Gasteiger partial charge on any atom is -0.496 e. The Morgan fingerprint density at radius 1 is 1.37 bits per heavy atom. The third-order valence-corrected chi connectivity index (χ3v) is 3.25. The van der Waals surface area contributed by atoms with Crippen LogP contribution in [0.4, 0.5) is 0 Å². The number of aliphatic hydroxyl groups excluding tert-OH is 2. The monoisotopic (exact) mass is 267 g/mol. The van der Waals surface area contributed by atoms with Crippen LogP contribution in [-0.2, 0) is 0 Å². The molecule has 0 amide bonds. The molecule has 1 aromatic rings. The topological polar surface area (TPSA) is 61.7 Å². The number of aliphatic hydroxyl groups is 2. The molecule has 0 aliphatic heterocycles. The van der Waals surface area contributed by atoms with Gasteiger partial charge in [0.1, 0.15) is 5.75 Å². The van der Waals surface area contributed by atoms with Crippen LogP contribution < -0.4 is 10.1 Å². The van der Waals surface area contributed by atoms with E-state index in [0.717, 1.165) is 11.1 Å². The van der Waals surface area contributed by atoms with Crippen molar-refractivity contribution in [2.45, 2.75) is 38.8 Å². The lowest BCUT2D eigenvalue weighted by Crippen LogP contribution is -2.42. The summed E-state index contributed by atoms with van der Waals surface area (Å²) in [5.74, 6) is 0.694. The van der Waals surface area contributed by atoms with Gasteiger partial charge in [0.25, 0.3) is 0 Å². The van der Waals surface area contributed by atoms with Crippen LogP contribution in [0.3, 0.4) is 0 Å². The zero-order valence-corrected chi connectivity index (χ0v) is 12.2. The van der Waals surface area contributed by atoms with Crippen LogP contribution in [0.1, 0.15) is 37.5 Å². The van der Waals surface area contributed by atoms with E-state index in [1.807, 2.05) is 39.0 Å². The second kappa shape index (κ2) is 6.89. The smallest absolute Gasteiger partial charge is 0.124 e.